The molecule has 4 heteroatoms. The van der Waals surface area contributed by atoms with Crippen LogP contribution in [-0.4, -0.2) is 34.4 Å². The highest BCUT2D eigenvalue weighted by atomic mass is 16.3. The molecule has 3 N–H and O–H groups in total. The Hall–Kier alpha value is -0.610. The highest BCUT2D eigenvalue weighted by Crippen LogP contribution is 2.19. The first-order valence-electron chi connectivity index (χ1n) is 3.78. The fourth-order valence-electron chi connectivity index (χ4n) is 0.954. The van der Waals surface area contributed by atoms with Crippen molar-refractivity contribution in [1.29, 1.82) is 0 Å². The molecular weight excluding hydrogens is 146 g/mol. The average molecular weight is 159 g/mol. The number of carbonyl (C=O) groups is 1. The molecule has 0 bridgehead atoms. The van der Waals surface area contributed by atoms with E-state index < -0.39 is 18.1 Å². The predicted molar refractivity (Wildman–Crippen MR) is 38.9 cm³/mol. The number of amides is 1. The Balaban J connectivity index is 2.25. The number of aliphatic hydroxyl groups is 2. The van der Waals surface area contributed by atoms with Crippen molar-refractivity contribution < 1.29 is 15.0 Å². The van der Waals surface area contributed by atoms with Crippen molar-refractivity contribution in [3.05, 3.63) is 0 Å². The maximum Gasteiger partial charge on any atom is 0.248 e. The third-order valence-corrected chi connectivity index (χ3v) is 1.94. The third-order valence-electron chi connectivity index (χ3n) is 1.94. The molecule has 0 spiro atoms. The van der Waals surface area contributed by atoms with Crippen LogP contribution in [-0.2, 0) is 4.79 Å². The zero-order valence-electron chi connectivity index (χ0n) is 6.45. The normalized spacial score (nSPS) is 32.3. The van der Waals surface area contributed by atoms with E-state index >= 15 is 0 Å². The molecule has 0 unspecified atom stereocenters. The van der Waals surface area contributed by atoms with E-state index in [2.05, 4.69) is 5.32 Å². The van der Waals surface area contributed by atoms with E-state index in [1.54, 1.807) is 0 Å². The van der Waals surface area contributed by atoms with E-state index in [4.69, 9.17) is 10.2 Å². The molecule has 0 heterocycles. The summed E-state index contributed by atoms with van der Waals surface area (Å²) in [6.45, 7) is 1.40. The van der Waals surface area contributed by atoms with Crippen LogP contribution in [0.4, 0.5) is 0 Å². The van der Waals surface area contributed by atoms with Gasteiger partial charge in [0.15, 0.2) is 0 Å². The van der Waals surface area contributed by atoms with Crippen LogP contribution >= 0.6 is 0 Å². The van der Waals surface area contributed by atoms with Gasteiger partial charge >= 0.3 is 0 Å². The molecule has 3 atom stereocenters. The van der Waals surface area contributed by atoms with Crippen molar-refractivity contribution in [2.75, 3.05) is 0 Å². The number of rotatable bonds is 2. The molecule has 1 aliphatic carbocycles. The molecular formula is C7H13NO3. The minimum absolute atomic E-state index is 0.142. The minimum atomic E-state index is -0.984. The number of hydrogen-bond acceptors (Lipinski definition) is 3. The summed E-state index contributed by atoms with van der Waals surface area (Å²) in [5.74, 6) is -0.409. The summed E-state index contributed by atoms with van der Waals surface area (Å²) in [5.41, 5.74) is 0. The Morgan fingerprint density at radius 3 is 2.55 bits per heavy atom. The number of aliphatic hydroxyl groups excluding tert-OH is 2. The fourth-order valence-corrected chi connectivity index (χ4v) is 0.954. The smallest absolute Gasteiger partial charge is 0.248 e. The van der Waals surface area contributed by atoms with Crippen molar-refractivity contribution in [2.45, 2.75) is 38.0 Å². The molecule has 1 rings (SSSR count). The Bertz CT molecular complexity index is 158. The standard InChI is InChI=1S/C7H13NO3/c1-4(9)7(11)8-5-2-3-6(5)10/h4-6,9-10H,2-3H2,1H3,(H,8,11)/t4-,5+,6+/m0/s1. The first-order chi connectivity index (χ1) is 5.11. The molecule has 0 aliphatic heterocycles. The number of carbonyl (C=O) groups excluding carboxylic acids is 1. The van der Waals surface area contributed by atoms with Gasteiger partial charge in [0.1, 0.15) is 6.10 Å². The summed E-state index contributed by atoms with van der Waals surface area (Å²) in [6.07, 6.45) is 0.144. The predicted octanol–water partition coefficient (Wildman–Crippen LogP) is -0.993. The van der Waals surface area contributed by atoms with Crippen molar-refractivity contribution in [1.82, 2.24) is 5.32 Å². The van der Waals surface area contributed by atoms with Crippen LogP contribution in [0.15, 0.2) is 0 Å². The lowest BCUT2D eigenvalue weighted by atomic mass is 9.89. The van der Waals surface area contributed by atoms with Crippen molar-refractivity contribution in [2.24, 2.45) is 0 Å². The molecule has 0 saturated heterocycles. The molecule has 0 aromatic carbocycles. The minimum Gasteiger partial charge on any atom is -0.391 e. The molecule has 0 aromatic heterocycles. The molecule has 0 radical (unpaired) electrons. The maximum atomic E-state index is 10.8. The first-order valence-corrected chi connectivity index (χ1v) is 3.78. The van der Waals surface area contributed by atoms with Gasteiger partial charge < -0.3 is 15.5 Å². The van der Waals surface area contributed by atoms with E-state index in [9.17, 15) is 4.79 Å². The number of hydrogen-bond donors (Lipinski definition) is 3. The molecule has 11 heavy (non-hydrogen) atoms. The summed E-state index contributed by atoms with van der Waals surface area (Å²) in [4.78, 5) is 10.8. The maximum absolute atomic E-state index is 10.8. The van der Waals surface area contributed by atoms with Gasteiger partial charge in [-0.25, -0.2) is 0 Å². The molecule has 64 valence electrons. The van der Waals surface area contributed by atoms with Crippen molar-refractivity contribution in [3.8, 4) is 0 Å². The van der Waals surface area contributed by atoms with Crippen molar-refractivity contribution >= 4 is 5.91 Å². The highest BCUT2D eigenvalue weighted by molar-refractivity contribution is 5.80. The molecule has 4 nitrogen and oxygen atoms in total. The summed E-state index contributed by atoms with van der Waals surface area (Å²) in [7, 11) is 0. The van der Waals surface area contributed by atoms with Crippen LogP contribution in [0.5, 0.6) is 0 Å². The number of nitrogens with one attached hydrogen (secondary N) is 1. The van der Waals surface area contributed by atoms with Gasteiger partial charge in [0.05, 0.1) is 12.1 Å². The molecule has 1 fully saturated rings. The van der Waals surface area contributed by atoms with Gasteiger partial charge in [-0.3, -0.25) is 4.79 Å². The summed E-state index contributed by atoms with van der Waals surface area (Å²) >= 11 is 0. The van der Waals surface area contributed by atoms with E-state index in [0.717, 1.165) is 12.8 Å². The Kier molecular flexibility index (Phi) is 2.46. The first kappa shape index (κ1) is 8.49. The second kappa shape index (κ2) is 3.19. The second-order valence-electron chi connectivity index (χ2n) is 2.94. The lowest BCUT2D eigenvalue weighted by molar-refractivity contribution is -0.131. The largest absolute Gasteiger partial charge is 0.391 e. The lowest BCUT2D eigenvalue weighted by Gasteiger charge is -2.33. The lowest BCUT2D eigenvalue weighted by Crippen LogP contribution is -2.52. The Labute approximate surface area is 65.2 Å². The van der Waals surface area contributed by atoms with Crippen LogP contribution < -0.4 is 5.32 Å². The molecule has 0 aromatic rings. The van der Waals surface area contributed by atoms with Gasteiger partial charge in [0, 0.05) is 0 Å². The van der Waals surface area contributed by atoms with Gasteiger partial charge in [-0.05, 0) is 19.8 Å². The van der Waals surface area contributed by atoms with Crippen LogP contribution in [0.1, 0.15) is 19.8 Å². The van der Waals surface area contributed by atoms with Crippen LogP contribution in [0.3, 0.4) is 0 Å². The fraction of sp³-hybridized carbons (Fsp3) is 0.857. The summed E-state index contributed by atoms with van der Waals surface area (Å²) in [5, 5.41) is 20.4. The Morgan fingerprint density at radius 2 is 2.27 bits per heavy atom. The monoisotopic (exact) mass is 159 g/mol. The quantitative estimate of drug-likeness (QED) is 0.484. The van der Waals surface area contributed by atoms with E-state index in [1.165, 1.54) is 6.92 Å². The summed E-state index contributed by atoms with van der Waals surface area (Å²) in [6, 6.07) is -0.142. The topological polar surface area (TPSA) is 69.6 Å². The van der Waals surface area contributed by atoms with E-state index in [1.807, 2.05) is 0 Å². The average Bonchev–Trinajstić information content (AvgIpc) is 1.96. The molecule has 1 saturated carbocycles. The van der Waals surface area contributed by atoms with Gasteiger partial charge in [-0.2, -0.15) is 0 Å². The van der Waals surface area contributed by atoms with Gasteiger partial charge in [0.2, 0.25) is 5.91 Å². The van der Waals surface area contributed by atoms with Gasteiger partial charge in [0.25, 0.3) is 0 Å². The second-order valence-corrected chi connectivity index (χ2v) is 2.94. The summed E-state index contributed by atoms with van der Waals surface area (Å²) < 4.78 is 0. The molecule has 1 amide bonds. The van der Waals surface area contributed by atoms with Gasteiger partial charge in [-0.15, -0.1) is 0 Å². The van der Waals surface area contributed by atoms with E-state index in [-0.39, 0.29) is 6.04 Å². The zero-order chi connectivity index (χ0) is 8.43. The zero-order valence-corrected chi connectivity index (χ0v) is 6.45. The van der Waals surface area contributed by atoms with Gasteiger partial charge in [-0.1, -0.05) is 0 Å². The molecule has 1 aliphatic rings. The van der Waals surface area contributed by atoms with Crippen LogP contribution in [0, 0.1) is 0 Å². The van der Waals surface area contributed by atoms with Crippen molar-refractivity contribution in [3.63, 3.8) is 0 Å². The highest BCUT2D eigenvalue weighted by Gasteiger charge is 2.30. The third kappa shape index (κ3) is 1.91. The van der Waals surface area contributed by atoms with Crippen LogP contribution in [0.25, 0.3) is 0 Å². The Morgan fingerprint density at radius 1 is 1.64 bits per heavy atom. The SMILES string of the molecule is C[C@H](O)C(=O)N[C@@H]1CC[C@H]1O. The van der Waals surface area contributed by atoms with Crippen LogP contribution in [0.2, 0.25) is 0 Å². The van der Waals surface area contributed by atoms with E-state index in [0.29, 0.717) is 0 Å².